The van der Waals surface area contributed by atoms with Crippen molar-refractivity contribution >= 4 is 20.0 Å². The minimum Gasteiger partial charge on any atom is -0.384 e. The molecule has 2 aromatic rings. The van der Waals surface area contributed by atoms with E-state index in [9.17, 15) is 21.9 Å². The third-order valence-electron chi connectivity index (χ3n) is 7.94. The van der Waals surface area contributed by atoms with Gasteiger partial charge in [0, 0.05) is 0 Å². The molecule has 2 saturated carbocycles. The van der Waals surface area contributed by atoms with Crippen LogP contribution in [-0.2, 0) is 20.0 Å². The van der Waals surface area contributed by atoms with Crippen LogP contribution in [0.1, 0.15) is 104 Å². The van der Waals surface area contributed by atoms with Gasteiger partial charge < -0.3 is 5.11 Å². The Bertz CT molecular complexity index is 1340. The number of nitrogens with two attached hydrogens (primary N) is 2. The molecule has 34 heavy (non-hydrogen) atoms. The van der Waals surface area contributed by atoms with Crippen molar-refractivity contribution in [3.05, 3.63) is 46.5 Å². The topological polar surface area (TPSA) is 141 Å². The average molecular weight is 505 g/mol. The van der Waals surface area contributed by atoms with Gasteiger partial charge >= 0.3 is 0 Å². The maximum atomic E-state index is 13.1. The number of fused-ring (bicyclic) bond motifs is 3. The predicted octanol–water partition coefficient (Wildman–Crippen LogP) is 4.14. The highest BCUT2D eigenvalue weighted by Gasteiger charge is 2.39. The van der Waals surface area contributed by atoms with Crippen molar-refractivity contribution in [2.75, 3.05) is 0 Å². The molecule has 0 spiro atoms. The number of sulfonamides is 2. The molecule has 0 radical (unpaired) electrons. The smallest absolute Gasteiger partial charge is 0.238 e. The van der Waals surface area contributed by atoms with E-state index in [2.05, 4.69) is 0 Å². The molecule has 3 aliphatic rings. The highest BCUT2D eigenvalue weighted by Crippen LogP contribution is 2.53. The number of aliphatic hydroxyl groups excluding tert-OH is 1. The van der Waals surface area contributed by atoms with Crippen molar-refractivity contribution in [3.8, 4) is 11.1 Å². The van der Waals surface area contributed by atoms with Gasteiger partial charge in [-0.15, -0.1) is 0 Å². The Morgan fingerprint density at radius 3 is 1.82 bits per heavy atom. The molecule has 1 unspecified atom stereocenters. The zero-order valence-electron chi connectivity index (χ0n) is 19.2. The quantitative estimate of drug-likeness (QED) is 0.574. The second kappa shape index (κ2) is 8.71. The van der Waals surface area contributed by atoms with E-state index in [4.69, 9.17) is 10.3 Å². The summed E-state index contributed by atoms with van der Waals surface area (Å²) >= 11 is 0. The minimum atomic E-state index is -4.05. The number of hydrogen-bond acceptors (Lipinski definition) is 5. The summed E-state index contributed by atoms with van der Waals surface area (Å²) < 4.78 is 50.2. The second-order valence-electron chi connectivity index (χ2n) is 10.1. The fraction of sp³-hybridized carbons (Fsp3) is 0.520. The van der Waals surface area contributed by atoms with E-state index in [0.29, 0.717) is 16.7 Å². The minimum absolute atomic E-state index is 0.0129. The Morgan fingerprint density at radius 2 is 1.26 bits per heavy atom. The molecule has 0 aromatic heterocycles. The molecule has 1 atom stereocenters. The monoisotopic (exact) mass is 504 g/mol. The lowest BCUT2D eigenvalue weighted by molar-refractivity contribution is 0.222. The zero-order valence-corrected chi connectivity index (χ0v) is 20.8. The van der Waals surface area contributed by atoms with E-state index in [-0.39, 0.29) is 21.6 Å². The number of primary sulfonamides is 2. The zero-order chi connectivity index (χ0) is 24.3. The van der Waals surface area contributed by atoms with Gasteiger partial charge in [0.25, 0.3) is 0 Å². The van der Waals surface area contributed by atoms with E-state index in [1.165, 1.54) is 12.1 Å². The molecule has 0 aliphatic heterocycles. The van der Waals surface area contributed by atoms with Gasteiger partial charge in [-0.3, -0.25) is 0 Å². The highest BCUT2D eigenvalue weighted by molar-refractivity contribution is 7.89. The summed E-state index contributed by atoms with van der Waals surface area (Å²) in [6.45, 7) is 0. The molecule has 7 nitrogen and oxygen atoms in total. The molecule has 5 rings (SSSR count). The van der Waals surface area contributed by atoms with Gasteiger partial charge in [-0.1, -0.05) is 44.6 Å². The van der Waals surface area contributed by atoms with Gasteiger partial charge in [0.15, 0.2) is 0 Å². The third-order valence-corrected chi connectivity index (χ3v) is 9.88. The Balaban J connectivity index is 1.82. The maximum absolute atomic E-state index is 13.1. The second-order valence-corrected chi connectivity index (χ2v) is 13.1. The van der Waals surface area contributed by atoms with Crippen LogP contribution in [0.4, 0.5) is 0 Å². The maximum Gasteiger partial charge on any atom is 0.238 e. The first-order chi connectivity index (χ1) is 16.1. The SMILES string of the molecule is NS(=O)(=O)c1ccc2c(c1)C(O)c1c-2cc(C2CCCCC2)c(S(N)(=O)=O)c1C1CCCCC1. The van der Waals surface area contributed by atoms with Crippen molar-refractivity contribution < 1.29 is 21.9 Å². The molecule has 0 saturated heterocycles. The van der Waals surface area contributed by atoms with Crippen LogP contribution in [0.15, 0.2) is 34.1 Å². The molecule has 5 N–H and O–H groups in total. The molecule has 2 aromatic carbocycles. The van der Waals surface area contributed by atoms with Crippen molar-refractivity contribution in [2.45, 2.75) is 91.9 Å². The van der Waals surface area contributed by atoms with Crippen LogP contribution < -0.4 is 10.3 Å². The van der Waals surface area contributed by atoms with Gasteiger partial charge in [-0.05, 0) is 89.1 Å². The normalized spacial score (nSPS) is 21.9. The van der Waals surface area contributed by atoms with Crippen molar-refractivity contribution in [1.29, 1.82) is 0 Å². The summed E-state index contributed by atoms with van der Waals surface area (Å²) in [4.78, 5) is 0.125. The Hall–Kier alpha value is -1.78. The van der Waals surface area contributed by atoms with Gasteiger partial charge in [0.05, 0.1) is 9.79 Å². The van der Waals surface area contributed by atoms with Crippen molar-refractivity contribution in [2.24, 2.45) is 10.3 Å². The molecule has 3 aliphatic carbocycles. The van der Waals surface area contributed by atoms with E-state index < -0.39 is 26.2 Å². The fourth-order valence-electron chi connectivity index (χ4n) is 6.41. The molecule has 0 amide bonds. The van der Waals surface area contributed by atoms with E-state index in [0.717, 1.165) is 80.9 Å². The lowest BCUT2D eigenvalue weighted by atomic mass is 9.76. The summed E-state index contributed by atoms with van der Waals surface area (Å²) in [6.07, 6.45) is 8.68. The number of benzene rings is 2. The largest absolute Gasteiger partial charge is 0.384 e. The van der Waals surface area contributed by atoms with Gasteiger partial charge in [-0.2, -0.15) is 0 Å². The summed E-state index contributed by atoms with van der Waals surface area (Å²) in [6, 6.07) is 6.44. The number of hydrogen-bond donors (Lipinski definition) is 3. The first kappa shape index (κ1) is 23.9. The molecular weight excluding hydrogens is 472 g/mol. The Morgan fingerprint density at radius 1 is 0.676 bits per heavy atom. The Labute approximate surface area is 201 Å². The molecule has 9 heteroatoms. The number of aliphatic hydroxyl groups is 1. The van der Waals surface area contributed by atoms with Crippen LogP contribution in [0, 0.1) is 0 Å². The number of rotatable bonds is 4. The lowest BCUT2D eigenvalue weighted by Gasteiger charge is -2.31. The lowest BCUT2D eigenvalue weighted by Crippen LogP contribution is -2.23. The van der Waals surface area contributed by atoms with Crippen LogP contribution in [-0.4, -0.2) is 21.9 Å². The van der Waals surface area contributed by atoms with Gasteiger partial charge in [-0.25, -0.2) is 27.1 Å². The van der Waals surface area contributed by atoms with E-state index >= 15 is 0 Å². The van der Waals surface area contributed by atoms with Crippen LogP contribution >= 0.6 is 0 Å². The van der Waals surface area contributed by atoms with Crippen molar-refractivity contribution in [3.63, 3.8) is 0 Å². The first-order valence-corrected chi connectivity index (χ1v) is 15.3. The summed E-state index contributed by atoms with van der Waals surface area (Å²) in [5, 5.41) is 22.7. The average Bonchev–Trinajstić information content (AvgIpc) is 3.09. The van der Waals surface area contributed by atoms with Crippen LogP contribution in [0.2, 0.25) is 0 Å². The first-order valence-electron chi connectivity index (χ1n) is 12.2. The summed E-state index contributed by atoms with van der Waals surface area (Å²) in [5.41, 5.74) is 3.94. The standard InChI is InChI=1S/C25H32N2O5S2/c26-33(29,30)17-11-12-18-20-14-19(15-7-3-1-4-8-15)25(34(27,31)32)22(16-9-5-2-6-10-16)23(20)24(28)21(18)13-17/h11-16,24,28H,1-10H2,(H2,26,29,30)(H2,27,31,32). The molecule has 0 heterocycles. The van der Waals surface area contributed by atoms with E-state index in [1.54, 1.807) is 6.07 Å². The van der Waals surface area contributed by atoms with Gasteiger partial charge in [0.1, 0.15) is 6.10 Å². The highest BCUT2D eigenvalue weighted by atomic mass is 32.2. The molecule has 184 valence electrons. The predicted molar refractivity (Wildman–Crippen MR) is 130 cm³/mol. The van der Waals surface area contributed by atoms with Crippen LogP contribution in [0.25, 0.3) is 11.1 Å². The van der Waals surface area contributed by atoms with Gasteiger partial charge in [0.2, 0.25) is 20.0 Å². The summed E-state index contributed by atoms with van der Waals surface area (Å²) in [5.74, 6) is 0.0839. The van der Waals surface area contributed by atoms with Crippen molar-refractivity contribution in [1.82, 2.24) is 0 Å². The van der Waals surface area contributed by atoms with Crippen LogP contribution in [0.5, 0.6) is 0 Å². The van der Waals surface area contributed by atoms with Crippen LogP contribution in [0.3, 0.4) is 0 Å². The molecule has 0 bridgehead atoms. The van der Waals surface area contributed by atoms with E-state index in [1.807, 2.05) is 6.07 Å². The molecule has 2 fully saturated rings. The molecular formula is C25H32N2O5S2. The summed E-state index contributed by atoms with van der Waals surface area (Å²) in [7, 11) is -8.00. The third kappa shape index (κ3) is 4.11. The Kier molecular flexibility index (Phi) is 6.13. The fourth-order valence-corrected chi connectivity index (χ4v) is 8.10.